The lowest BCUT2D eigenvalue weighted by Gasteiger charge is -2.31. The van der Waals surface area contributed by atoms with E-state index in [1.165, 1.54) is 6.42 Å². The summed E-state index contributed by atoms with van der Waals surface area (Å²) in [5.41, 5.74) is 0. The second-order valence-electron chi connectivity index (χ2n) is 4.69. The standard InChI is InChI=1S/C12H24N2O3/c1-10-5-4-6-14(8-10)12(15)13-7-11(17-3)9-16-2/h10-11H,4-9H2,1-3H3,(H,13,15). The van der Waals surface area contributed by atoms with Crippen LogP contribution in [0.3, 0.4) is 0 Å². The normalized spacial score (nSPS) is 22.3. The molecule has 0 saturated carbocycles. The van der Waals surface area contributed by atoms with Crippen molar-refractivity contribution in [3.8, 4) is 0 Å². The van der Waals surface area contributed by atoms with Crippen molar-refractivity contribution in [2.24, 2.45) is 5.92 Å². The van der Waals surface area contributed by atoms with E-state index < -0.39 is 0 Å². The third-order valence-electron chi connectivity index (χ3n) is 3.11. The van der Waals surface area contributed by atoms with Crippen LogP contribution in [0.15, 0.2) is 0 Å². The van der Waals surface area contributed by atoms with Crippen molar-refractivity contribution in [3.05, 3.63) is 0 Å². The number of methoxy groups -OCH3 is 2. The molecule has 5 nitrogen and oxygen atoms in total. The van der Waals surface area contributed by atoms with Crippen molar-refractivity contribution in [2.45, 2.75) is 25.9 Å². The smallest absolute Gasteiger partial charge is 0.317 e. The van der Waals surface area contributed by atoms with E-state index in [1.807, 2.05) is 4.90 Å². The van der Waals surface area contributed by atoms with Gasteiger partial charge in [-0.15, -0.1) is 0 Å². The fourth-order valence-corrected chi connectivity index (χ4v) is 2.08. The second kappa shape index (κ2) is 7.50. The van der Waals surface area contributed by atoms with Crippen LogP contribution in [0.5, 0.6) is 0 Å². The largest absolute Gasteiger partial charge is 0.382 e. The minimum absolute atomic E-state index is 0.00898. The zero-order valence-electron chi connectivity index (χ0n) is 11.1. The Bertz CT molecular complexity index is 236. The first kappa shape index (κ1) is 14.3. The second-order valence-corrected chi connectivity index (χ2v) is 4.69. The summed E-state index contributed by atoms with van der Waals surface area (Å²) >= 11 is 0. The van der Waals surface area contributed by atoms with E-state index >= 15 is 0 Å². The molecule has 17 heavy (non-hydrogen) atoms. The van der Waals surface area contributed by atoms with Gasteiger partial charge in [0.2, 0.25) is 0 Å². The first-order valence-electron chi connectivity index (χ1n) is 6.21. The van der Waals surface area contributed by atoms with Crippen molar-refractivity contribution >= 4 is 6.03 Å². The average molecular weight is 244 g/mol. The molecule has 1 fully saturated rings. The Labute approximate surface area is 103 Å². The number of nitrogens with one attached hydrogen (secondary N) is 1. The van der Waals surface area contributed by atoms with Gasteiger partial charge in [-0.2, -0.15) is 0 Å². The Balaban J connectivity index is 2.28. The predicted molar refractivity (Wildman–Crippen MR) is 66.0 cm³/mol. The number of nitrogens with zero attached hydrogens (tertiary/aromatic N) is 1. The molecule has 0 bridgehead atoms. The topological polar surface area (TPSA) is 50.8 Å². The van der Waals surface area contributed by atoms with Crippen molar-refractivity contribution in [3.63, 3.8) is 0 Å². The maximum absolute atomic E-state index is 11.9. The number of ether oxygens (including phenoxy) is 2. The third-order valence-corrected chi connectivity index (χ3v) is 3.11. The van der Waals surface area contributed by atoms with Crippen LogP contribution in [0.1, 0.15) is 19.8 Å². The molecule has 2 atom stereocenters. The van der Waals surface area contributed by atoms with Gasteiger partial charge in [-0.05, 0) is 18.8 Å². The molecule has 0 aliphatic carbocycles. The summed E-state index contributed by atoms with van der Waals surface area (Å²) in [6.45, 7) is 4.88. The number of piperidine rings is 1. The van der Waals surface area contributed by atoms with Gasteiger partial charge in [0.1, 0.15) is 0 Å². The van der Waals surface area contributed by atoms with Crippen LogP contribution in [-0.2, 0) is 9.47 Å². The van der Waals surface area contributed by atoms with Gasteiger partial charge >= 0.3 is 6.03 Å². The number of hydrogen-bond donors (Lipinski definition) is 1. The molecule has 1 aliphatic heterocycles. The van der Waals surface area contributed by atoms with Crippen LogP contribution in [0.4, 0.5) is 4.79 Å². The van der Waals surface area contributed by atoms with E-state index in [9.17, 15) is 4.79 Å². The summed E-state index contributed by atoms with van der Waals surface area (Å²) in [5.74, 6) is 0.603. The van der Waals surface area contributed by atoms with Gasteiger partial charge in [0.15, 0.2) is 0 Å². The fraction of sp³-hybridized carbons (Fsp3) is 0.917. The van der Waals surface area contributed by atoms with E-state index in [-0.39, 0.29) is 12.1 Å². The molecule has 2 amide bonds. The lowest BCUT2D eigenvalue weighted by Crippen LogP contribution is -2.47. The van der Waals surface area contributed by atoms with Gasteiger partial charge in [0.25, 0.3) is 0 Å². The monoisotopic (exact) mass is 244 g/mol. The molecule has 5 heteroatoms. The molecular weight excluding hydrogens is 220 g/mol. The van der Waals surface area contributed by atoms with E-state index in [0.717, 1.165) is 19.5 Å². The van der Waals surface area contributed by atoms with Crippen LogP contribution < -0.4 is 5.32 Å². The summed E-state index contributed by atoms with van der Waals surface area (Å²) in [6.07, 6.45) is 2.24. The van der Waals surface area contributed by atoms with Crippen LogP contribution in [0, 0.1) is 5.92 Å². The lowest BCUT2D eigenvalue weighted by molar-refractivity contribution is 0.0294. The number of rotatable bonds is 5. The first-order chi connectivity index (χ1) is 8.17. The van der Waals surface area contributed by atoms with Crippen molar-refractivity contribution in [1.82, 2.24) is 10.2 Å². The molecular formula is C12H24N2O3. The number of urea groups is 1. The highest BCUT2D eigenvalue weighted by Gasteiger charge is 2.21. The molecule has 1 N–H and O–H groups in total. The highest BCUT2D eigenvalue weighted by Crippen LogP contribution is 2.15. The van der Waals surface area contributed by atoms with Crippen molar-refractivity contribution < 1.29 is 14.3 Å². The van der Waals surface area contributed by atoms with Gasteiger partial charge in [-0.3, -0.25) is 0 Å². The average Bonchev–Trinajstić information content (AvgIpc) is 2.34. The van der Waals surface area contributed by atoms with E-state index in [2.05, 4.69) is 12.2 Å². The first-order valence-corrected chi connectivity index (χ1v) is 6.21. The number of likely N-dealkylation sites (tertiary alicyclic amines) is 1. The summed E-state index contributed by atoms with van der Waals surface area (Å²) in [5, 5.41) is 2.89. The maximum atomic E-state index is 11.9. The predicted octanol–water partition coefficient (Wildman–Crippen LogP) is 1.09. The van der Waals surface area contributed by atoms with Crippen molar-refractivity contribution in [1.29, 1.82) is 0 Å². The SMILES string of the molecule is COCC(CNC(=O)N1CCCC(C)C1)OC. The minimum Gasteiger partial charge on any atom is -0.382 e. The molecule has 0 spiro atoms. The highest BCUT2D eigenvalue weighted by atomic mass is 16.5. The Hall–Kier alpha value is -0.810. The minimum atomic E-state index is -0.0776. The Kier molecular flexibility index (Phi) is 6.29. The summed E-state index contributed by atoms with van der Waals surface area (Å²) < 4.78 is 10.2. The fourth-order valence-electron chi connectivity index (χ4n) is 2.08. The van der Waals surface area contributed by atoms with Gasteiger partial charge in [0, 0.05) is 33.9 Å². The highest BCUT2D eigenvalue weighted by molar-refractivity contribution is 5.74. The van der Waals surface area contributed by atoms with Crippen LogP contribution in [-0.4, -0.2) is 57.5 Å². The number of amides is 2. The quantitative estimate of drug-likeness (QED) is 0.787. The molecule has 0 aromatic carbocycles. The molecule has 0 aromatic rings. The zero-order valence-corrected chi connectivity index (χ0v) is 11.1. The number of hydrogen-bond acceptors (Lipinski definition) is 3. The molecule has 1 rings (SSSR count). The number of carbonyl (C=O) groups is 1. The van der Waals surface area contributed by atoms with Gasteiger partial charge in [-0.1, -0.05) is 6.92 Å². The van der Waals surface area contributed by atoms with Gasteiger partial charge in [0.05, 0.1) is 12.7 Å². The molecule has 2 unspecified atom stereocenters. The molecule has 1 aliphatic rings. The third kappa shape index (κ3) is 4.91. The number of carbonyl (C=O) groups excluding carboxylic acids is 1. The van der Waals surface area contributed by atoms with Crippen molar-refractivity contribution in [2.75, 3.05) is 40.5 Å². The summed E-state index contributed by atoms with van der Waals surface area (Å²) in [7, 11) is 3.25. The molecule has 0 aromatic heterocycles. The van der Waals surface area contributed by atoms with Gasteiger partial charge < -0.3 is 19.7 Å². The van der Waals surface area contributed by atoms with Crippen LogP contribution in [0.25, 0.3) is 0 Å². The molecule has 1 heterocycles. The van der Waals surface area contributed by atoms with Crippen LogP contribution >= 0.6 is 0 Å². The summed E-state index contributed by atoms with van der Waals surface area (Å²) in [6, 6.07) is 0.00898. The zero-order chi connectivity index (χ0) is 12.7. The Morgan fingerprint density at radius 1 is 1.53 bits per heavy atom. The Morgan fingerprint density at radius 2 is 2.29 bits per heavy atom. The molecule has 0 radical (unpaired) electrons. The van der Waals surface area contributed by atoms with E-state index in [1.54, 1.807) is 14.2 Å². The molecule has 100 valence electrons. The molecule has 1 saturated heterocycles. The van der Waals surface area contributed by atoms with E-state index in [0.29, 0.717) is 19.1 Å². The Morgan fingerprint density at radius 3 is 2.88 bits per heavy atom. The van der Waals surface area contributed by atoms with E-state index in [4.69, 9.17) is 9.47 Å². The lowest BCUT2D eigenvalue weighted by atomic mass is 10.0. The maximum Gasteiger partial charge on any atom is 0.317 e. The van der Waals surface area contributed by atoms with Crippen LogP contribution in [0.2, 0.25) is 0 Å². The van der Waals surface area contributed by atoms with Gasteiger partial charge in [-0.25, -0.2) is 4.79 Å². The summed E-state index contributed by atoms with van der Waals surface area (Å²) in [4.78, 5) is 13.8.